The Hall–Kier alpha value is -2.62. The summed E-state index contributed by atoms with van der Waals surface area (Å²) in [7, 11) is -4.15. The molecule has 0 N–H and O–H groups in total. The van der Waals surface area contributed by atoms with Crippen molar-refractivity contribution in [3.63, 3.8) is 0 Å². The van der Waals surface area contributed by atoms with Crippen molar-refractivity contribution in [2.45, 2.75) is 18.0 Å². The van der Waals surface area contributed by atoms with E-state index in [1.807, 2.05) is 0 Å². The van der Waals surface area contributed by atoms with Crippen molar-refractivity contribution in [1.29, 1.82) is 0 Å². The first kappa shape index (κ1) is 21.7. The molecule has 28 heavy (non-hydrogen) atoms. The summed E-state index contributed by atoms with van der Waals surface area (Å²) in [6.07, 6.45) is -4.29. The van der Waals surface area contributed by atoms with E-state index in [0.29, 0.717) is 12.3 Å². The maximum Gasteiger partial charge on any atom is 0.417 e. The molecule has 0 radical (unpaired) electrons. The maximum atomic E-state index is 13.7. The molecule has 10 heteroatoms. The van der Waals surface area contributed by atoms with Gasteiger partial charge in [0.25, 0.3) is 0 Å². The molecule has 0 saturated heterocycles. The first-order valence-electron chi connectivity index (χ1n) is 7.93. The van der Waals surface area contributed by atoms with Gasteiger partial charge >= 0.3 is 12.1 Å². The lowest BCUT2D eigenvalue weighted by atomic mass is 10.0. The Bertz CT molecular complexity index is 984. The third kappa shape index (κ3) is 5.22. The molecular formula is C18H16F4O5S. The average molecular weight is 420 g/mol. The number of benzene rings is 2. The van der Waals surface area contributed by atoms with Crippen LogP contribution in [0.5, 0.6) is 5.75 Å². The van der Waals surface area contributed by atoms with Crippen LogP contribution in [0.4, 0.5) is 17.6 Å². The number of sulfone groups is 1. The van der Waals surface area contributed by atoms with Crippen molar-refractivity contribution in [2.24, 2.45) is 0 Å². The smallest absolute Gasteiger partial charge is 0.417 e. The Balaban J connectivity index is 2.55. The lowest BCUT2D eigenvalue weighted by Gasteiger charge is -2.16. The molecule has 0 bridgehead atoms. The van der Waals surface area contributed by atoms with Gasteiger partial charge in [-0.05, 0) is 42.8 Å². The zero-order valence-corrected chi connectivity index (χ0v) is 15.7. The number of esters is 1. The van der Waals surface area contributed by atoms with E-state index in [0.717, 1.165) is 30.3 Å². The SMILES string of the molecule is CCOC(=O)COc1ccc(F)cc1-c1ccc(S(C)(=O)=O)c(C(F)(F)F)c1. The van der Waals surface area contributed by atoms with Crippen LogP contribution < -0.4 is 4.74 Å². The molecule has 0 aromatic heterocycles. The zero-order valence-electron chi connectivity index (χ0n) is 14.8. The highest BCUT2D eigenvalue weighted by Gasteiger charge is 2.36. The van der Waals surface area contributed by atoms with Crippen LogP contribution in [-0.4, -0.2) is 33.9 Å². The molecule has 0 fully saturated rings. The molecule has 2 aromatic rings. The van der Waals surface area contributed by atoms with Crippen LogP contribution in [0, 0.1) is 5.82 Å². The standard InChI is InChI=1S/C18H16F4O5S/c1-3-26-17(23)10-27-15-6-5-12(19)9-13(15)11-4-7-16(28(2,24)25)14(8-11)18(20,21)22/h4-9H,3,10H2,1-2H3. The predicted molar refractivity (Wildman–Crippen MR) is 92.1 cm³/mol. The molecule has 0 heterocycles. The van der Waals surface area contributed by atoms with Crippen LogP contribution in [-0.2, 0) is 25.5 Å². The number of ether oxygens (including phenoxy) is 2. The number of hydrogen-bond donors (Lipinski definition) is 0. The highest BCUT2D eigenvalue weighted by molar-refractivity contribution is 7.90. The minimum absolute atomic E-state index is 0.0605. The fraction of sp³-hybridized carbons (Fsp3) is 0.278. The molecule has 0 aliphatic rings. The Kier molecular flexibility index (Phi) is 6.33. The first-order valence-corrected chi connectivity index (χ1v) is 9.82. The van der Waals surface area contributed by atoms with Crippen LogP contribution in [0.2, 0.25) is 0 Å². The Morgan fingerprint density at radius 1 is 1.11 bits per heavy atom. The van der Waals surface area contributed by atoms with Gasteiger partial charge in [-0.25, -0.2) is 17.6 Å². The molecule has 0 unspecified atom stereocenters. The maximum absolute atomic E-state index is 13.7. The average Bonchev–Trinajstić information content (AvgIpc) is 2.59. The molecule has 152 valence electrons. The van der Waals surface area contributed by atoms with Crippen molar-refractivity contribution in [1.82, 2.24) is 0 Å². The quantitative estimate of drug-likeness (QED) is 0.524. The molecule has 2 aromatic carbocycles. The minimum Gasteiger partial charge on any atom is -0.481 e. The summed E-state index contributed by atoms with van der Waals surface area (Å²) in [6.45, 7) is 1.17. The molecule has 2 rings (SSSR count). The molecule has 0 saturated carbocycles. The Labute approximate surface area is 158 Å². The summed E-state index contributed by atoms with van der Waals surface area (Å²) in [5.74, 6) is -1.52. The summed E-state index contributed by atoms with van der Waals surface area (Å²) in [5.41, 5.74) is -1.58. The molecule has 0 aliphatic heterocycles. The number of alkyl halides is 3. The van der Waals surface area contributed by atoms with E-state index in [2.05, 4.69) is 0 Å². The van der Waals surface area contributed by atoms with Gasteiger partial charge in [-0.2, -0.15) is 13.2 Å². The van der Waals surface area contributed by atoms with Gasteiger partial charge < -0.3 is 9.47 Å². The third-order valence-corrected chi connectivity index (χ3v) is 4.74. The first-order chi connectivity index (χ1) is 12.9. The van der Waals surface area contributed by atoms with Crippen molar-refractivity contribution in [3.8, 4) is 16.9 Å². The summed E-state index contributed by atoms with van der Waals surface area (Å²) >= 11 is 0. The highest BCUT2D eigenvalue weighted by atomic mass is 32.2. The number of carbonyl (C=O) groups excluding carboxylic acids is 1. The van der Waals surface area contributed by atoms with E-state index >= 15 is 0 Å². The monoisotopic (exact) mass is 420 g/mol. The number of halogens is 4. The van der Waals surface area contributed by atoms with Crippen LogP contribution in [0.3, 0.4) is 0 Å². The molecule has 0 aliphatic carbocycles. The van der Waals surface area contributed by atoms with Crippen molar-refractivity contribution < 1.29 is 40.2 Å². The van der Waals surface area contributed by atoms with Gasteiger partial charge in [0, 0.05) is 11.8 Å². The van der Waals surface area contributed by atoms with E-state index in [9.17, 15) is 30.8 Å². The summed E-state index contributed by atoms with van der Waals surface area (Å²) in [6, 6.07) is 5.60. The fourth-order valence-corrected chi connectivity index (χ4v) is 3.32. The van der Waals surface area contributed by atoms with Gasteiger partial charge in [-0.15, -0.1) is 0 Å². The molecule has 0 amide bonds. The number of carbonyl (C=O) groups is 1. The summed E-state index contributed by atoms with van der Waals surface area (Å²) in [5, 5.41) is 0. The second-order valence-corrected chi connectivity index (χ2v) is 7.70. The van der Waals surface area contributed by atoms with E-state index < -0.39 is 44.9 Å². The second kappa shape index (κ2) is 8.17. The Morgan fingerprint density at radius 3 is 2.36 bits per heavy atom. The van der Waals surface area contributed by atoms with E-state index in [1.54, 1.807) is 6.92 Å². The van der Waals surface area contributed by atoms with Crippen molar-refractivity contribution >= 4 is 15.8 Å². The van der Waals surface area contributed by atoms with Crippen LogP contribution in [0.1, 0.15) is 12.5 Å². The normalized spacial score (nSPS) is 11.9. The van der Waals surface area contributed by atoms with Gasteiger partial charge in [0.05, 0.1) is 17.1 Å². The van der Waals surface area contributed by atoms with E-state index in [-0.39, 0.29) is 23.5 Å². The molecule has 0 spiro atoms. The topological polar surface area (TPSA) is 69.7 Å². The van der Waals surface area contributed by atoms with E-state index in [1.165, 1.54) is 0 Å². The molecule has 0 atom stereocenters. The lowest BCUT2D eigenvalue weighted by molar-refractivity contribution is -0.145. The summed E-state index contributed by atoms with van der Waals surface area (Å²) < 4.78 is 87.1. The molecule has 5 nitrogen and oxygen atoms in total. The van der Waals surface area contributed by atoms with Crippen molar-refractivity contribution in [2.75, 3.05) is 19.5 Å². The number of hydrogen-bond acceptors (Lipinski definition) is 5. The second-order valence-electron chi connectivity index (χ2n) is 5.72. The minimum atomic E-state index is -4.95. The highest BCUT2D eigenvalue weighted by Crippen LogP contribution is 2.39. The third-order valence-electron chi connectivity index (χ3n) is 3.59. The fourth-order valence-electron chi connectivity index (χ4n) is 2.44. The summed E-state index contributed by atoms with van der Waals surface area (Å²) in [4.78, 5) is 10.5. The van der Waals surface area contributed by atoms with Crippen molar-refractivity contribution in [3.05, 3.63) is 47.8 Å². The number of rotatable bonds is 6. The van der Waals surface area contributed by atoms with Gasteiger partial charge in [-0.3, -0.25) is 0 Å². The largest absolute Gasteiger partial charge is 0.481 e. The van der Waals surface area contributed by atoms with Crippen LogP contribution in [0.25, 0.3) is 11.1 Å². The van der Waals surface area contributed by atoms with Crippen LogP contribution in [0.15, 0.2) is 41.3 Å². The Morgan fingerprint density at radius 2 is 1.79 bits per heavy atom. The van der Waals surface area contributed by atoms with E-state index in [4.69, 9.17) is 9.47 Å². The predicted octanol–water partition coefficient (Wildman–Crippen LogP) is 3.86. The van der Waals surface area contributed by atoms with Gasteiger partial charge in [0.15, 0.2) is 16.4 Å². The van der Waals surface area contributed by atoms with Gasteiger partial charge in [0.1, 0.15) is 11.6 Å². The lowest BCUT2D eigenvalue weighted by Crippen LogP contribution is -2.15. The zero-order chi connectivity index (χ0) is 21.1. The van der Waals surface area contributed by atoms with Crippen LogP contribution >= 0.6 is 0 Å². The van der Waals surface area contributed by atoms with Gasteiger partial charge in [0.2, 0.25) is 0 Å². The molecular weight excluding hydrogens is 404 g/mol. The van der Waals surface area contributed by atoms with Gasteiger partial charge in [-0.1, -0.05) is 6.07 Å².